The summed E-state index contributed by atoms with van der Waals surface area (Å²) in [6.07, 6.45) is 3.76. The van der Waals surface area contributed by atoms with E-state index in [0.29, 0.717) is 24.4 Å². The fraction of sp³-hybridized carbons (Fsp3) is 0.429. The summed E-state index contributed by atoms with van der Waals surface area (Å²) < 4.78 is 37.6. The van der Waals surface area contributed by atoms with Gasteiger partial charge in [-0.25, -0.2) is 8.42 Å². The number of nitrogens with one attached hydrogen (secondary N) is 2. The summed E-state index contributed by atoms with van der Waals surface area (Å²) in [5.41, 5.74) is 2.25. The molecule has 9 nitrogen and oxygen atoms in total. The zero-order chi connectivity index (χ0) is 22.0. The monoisotopic (exact) mass is 447 g/mol. The first-order chi connectivity index (χ1) is 14.8. The molecule has 1 aromatic heterocycles. The number of carbonyl (C=O) groups is 1. The first-order valence-electron chi connectivity index (χ1n) is 10.0. The molecule has 0 saturated carbocycles. The van der Waals surface area contributed by atoms with Crippen molar-refractivity contribution >= 4 is 21.6 Å². The average Bonchev–Trinajstić information content (AvgIpc) is 3.09. The van der Waals surface area contributed by atoms with Crippen LogP contribution in [-0.2, 0) is 26.1 Å². The molecule has 166 valence electrons. The summed E-state index contributed by atoms with van der Waals surface area (Å²) >= 11 is 0. The number of benzene rings is 1. The molecule has 2 aliphatic rings. The van der Waals surface area contributed by atoms with E-state index in [1.54, 1.807) is 30.6 Å². The van der Waals surface area contributed by atoms with Crippen molar-refractivity contribution in [1.82, 2.24) is 10.3 Å². The first kappa shape index (κ1) is 21.5. The number of sulfonamides is 1. The molecule has 10 heteroatoms. The average molecular weight is 448 g/mol. The van der Waals surface area contributed by atoms with Gasteiger partial charge in [-0.1, -0.05) is 0 Å². The Morgan fingerprint density at radius 2 is 2.03 bits per heavy atom. The van der Waals surface area contributed by atoms with Crippen LogP contribution in [0.4, 0.5) is 5.69 Å². The van der Waals surface area contributed by atoms with Crippen molar-refractivity contribution in [2.75, 3.05) is 17.6 Å². The number of aliphatic hydroxyl groups is 1. The highest BCUT2D eigenvalue weighted by Gasteiger charge is 2.46. The van der Waals surface area contributed by atoms with E-state index < -0.39 is 22.2 Å². The molecule has 1 fully saturated rings. The zero-order valence-electron chi connectivity index (χ0n) is 17.0. The number of hydrogen-bond acceptors (Lipinski definition) is 7. The molecule has 0 aliphatic carbocycles. The molecule has 1 saturated heterocycles. The Labute approximate surface area is 180 Å². The first-order valence-corrected chi connectivity index (χ1v) is 11.9. The maximum atomic E-state index is 12.5. The third-order valence-electron chi connectivity index (χ3n) is 5.45. The van der Waals surface area contributed by atoms with Gasteiger partial charge in [-0.2, -0.15) is 0 Å². The van der Waals surface area contributed by atoms with E-state index in [0.717, 1.165) is 17.4 Å². The number of anilines is 1. The van der Waals surface area contributed by atoms with Gasteiger partial charge < -0.3 is 19.9 Å². The van der Waals surface area contributed by atoms with Gasteiger partial charge in [-0.3, -0.25) is 14.5 Å². The molecule has 0 radical (unpaired) electrons. The van der Waals surface area contributed by atoms with Gasteiger partial charge in [-0.15, -0.1) is 0 Å². The summed E-state index contributed by atoms with van der Waals surface area (Å²) in [6.45, 7) is 0.161. The maximum Gasteiger partial charge on any atom is 0.229 e. The normalized spacial score (nSPS) is 24.6. The minimum atomic E-state index is -3.41. The van der Waals surface area contributed by atoms with E-state index in [2.05, 4.69) is 15.0 Å². The SMILES string of the molecule is CS(=O)(=O)Nc1ccc2c(c1)[C@H]1C[C@@H](CC(=O)NCc3ccncc3)O[C@@H](CO)[C@H]1O2. The van der Waals surface area contributed by atoms with Crippen molar-refractivity contribution in [3.63, 3.8) is 0 Å². The third kappa shape index (κ3) is 5.15. The van der Waals surface area contributed by atoms with Crippen molar-refractivity contribution < 1.29 is 27.8 Å². The van der Waals surface area contributed by atoms with Crippen LogP contribution in [-0.4, -0.2) is 55.6 Å². The zero-order valence-corrected chi connectivity index (χ0v) is 17.8. The van der Waals surface area contributed by atoms with E-state index in [4.69, 9.17) is 9.47 Å². The molecule has 2 aromatic rings. The highest BCUT2D eigenvalue weighted by Crippen LogP contribution is 2.47. The third-order valence-corrected chi connectivity index (χ3v) is 6.06. The van der Waals surface area contributed by atoms with Gasteiger partial charge in [0.25, 0.3) is 0 Å². The van der Waals surface area contributed by atoms with E-state index in [9.17, 15) is 18.3 Å². The molecule has 4 rings (SSSR count). The standard InChI is InChI=1S/C21H25N3O6S/c1-31(27,28)24-14-2-3-18-16(8-14)17-9-15(29-19(12-25)21(17)30-18)10-20(26)23-11-13-4-6-22-7-5-13/h2-8,15,17,19,21,24-25H,9-12H2,1H3,(H,23,26)/t15-,17+,19-,21-/m0/s1. The molecule has 31 heavy (non-hydrogen) atoms. The number of amides is 1. The summed E-state index contributed by atoms with van der Waals surface area (Å²) in [6, 6.07) is 8.76. The predicted molar refractivity (Wildman–Crippen MR) is 113 cm³/mol. The molecule has 0 bridgehead atoms. The molecule has 1 aromatic carbocycles. The van der Waals surface area contributed by atoms with Gasteiger partial charge in [0.05, 0.1) is 25.4 Å². The van der Waals surface area contributed by atoms with E-state index >= 15 is 0 Å². The Morgan fingerprint density at radius 1 is 1.26 bits per heavy atom. The fourth-order valence-corrected chi connectivity index (χ4v) is 4.70. The van der Waals surface area contributed by atoms with Crippen LogP contribution in [0.15, 0.2) is 42.7 Å². The summed E-state index contributed by atoms with van der Waals surface area (Å²) in [4.78, 5) is 16.4. The van der Waals surface area contributed by atoms with Crippen molar-refractivity contribution in [2.45, 2.75) is 43.6 Å². The topological polar surface area (TPSA) is 127 Å². The minimum Gasteiger partial charge on any atom is -0.487 e. The lowest BCUT2D eigenvalue weighted by Crippen LogP contribution is -2.47. The lowest BCUT2D eigenvalue weighted by atomic mass is 9.84. The van der Waals surface area contributed by atoms with Crippen LogP contribution in [0, 0.1) is 0 Å². The number of carbonyl (C=O) groups excluding carboxylic acids is 1. The Balaban J connectivity index is 1.45. The van der Waals surface area contributed by atoms with Gasteiger partial charge in [0.1, 0.15) is 18.0 Å². The van der Waals surface area contributed by atoms with Crippen LogP contribution in [0.25, 0.3) is 0 Å². The quantitative estimate of drug-likeness (QED) is 0.581. The van der Waals surface area contributed by atoms with Crippen molar-refractivity contribution in [3.8, 4) is 5.75 Å². The van der Waals surface area contributed by atoms with E-state index in [1.165, 1.54) is 0 Å². The molecular weight excluding hydrogens is 422 g/mol. The second-order valence-electron chi connectivity index (χ2n) is 7.87. The Bertz CT molecular complexity index is 1050. The number of nitrogens with zero attached hydrogens (tertiary/aromatic N) is 1. The Kier molecular flexibility index (Phi) is 6.12. The number of ether oxygens (including phenoxy) is 2. The Morgan fingerprint density at radius 3 is 2.74 bits per heavy atom. The van der Waals surface area contributed by atoms with Crippen LogP contribution in [0.2, 0.25) is 0 Å². The van der Waals surface area contributed by atoms with Crippen LogP contribution >= 0.6 is 0 Å². The molecule has 0 unspecified atom stereocenters. The maximum absolute atomic E-state index is 12.5. The second-order valence-corrected chi connectivity index (χ2v) is 9.62. The lowest BCUT2D eigenvalue weighted by molar-refractivity contribution is -0.142. The Hall–Kier alpha value is -2.69. The van der Waals surface area contributed by atoms with Gasteiger partial charge in [0, 0.05) is 36.1 Å². The highest BCUT2D eigenvalue weighted by atomic mass is 32.2. The summed E-state index contributed by atoms with van der Waals surface area (Å²) in [7, 11) is -3.41. The van der Waals surface area contributed by atoms with E-state index in [-0.39, 0.29) is 31.0 Å². The molecule has 2 aliphatic heterocycles. The second kappa shape index (κ2) is 8.81. The highest BCUT2D eigenvalue weighted by molar-refractivity contribution is 7.92. The van der Waals surface area contributed by atoms with Gasteiger partial charge in [0.2, 0.25) is 15.9 Å². The van der Waals surface area contributed by atoms with Crippen molar-refractivity contribution in [2.24, 2.45) is 0 Å². The predicted octanol–water partition coefficient (Wildman–Crippen LogP) is 1.15. The molecule has 1 amide bonds. The van der Waals surface area contributed by atoms with Crippen LogP contribution in [0.5, 0.6) is 5.75 Å². The molecule has 0 spiro atoms. The summed E-state index contributed by atoms with van der Waals surface area (Å²) in [5, 5.41) is 12.7. The minimum absolute atomic E-state index is 0.111. The van der Waals surface area contributed by atoms with Crippen LogP contribution in [0.3, 0.4) is 0 Å². The molecule has 3 heterocycles. The van der Waals surface area contributed by atoms with Crippen molar-refractivity contribution in [3.05, 3.63) is 53.9 Å². The van der Waals surface area contributed by atoms with Gasteiger partial charge in [-0.05, 0) is 42.3 Å². The molecule has 4 atom stereocenters. The number of aromatic nitrogens is 1. The molecule has 3 N–H and O–H groups in total. The number of aliphatic hydroxyl groups excluding tert-OH is 1. The van der Waals surface area contributed by atoms with Crippen LogP contribution < -0.4 is 14.8 Å². The van der Waals surface area contributed by atoms with Gasteiger partial charge in [0.15, 0.2) is 0 Å². The number of hydrogen-bond donors (Lipinski definition) is 3. The fourth-order valence-electron chi connectivity index (χ4n) is 4.15. The number of pyridine rings is 1. The number of fused-ring (bicyclic) bond motifs is 3. The lowest BCUT2D eigenvalue weighted by Gasteiger charge is -2.37. The smallest absolute Gasteiger partial charge is 0.229 e. The molecular formula is C21H25N3O6S. The van der Waals surface area contributed by atoms with E-state index in [1.807, 2.05) is 12.1 Å². The summed E-state index contributed by atoms with van der Waals surface area (Å²) in [5.74, 6) is 0.377. The van der Waals surface area contributed by atoms with Crippen LogP contribution in [0.1, 0.15) is 29.9 Å². The number of rotatable bonds is 7. The van der Waals surface area contributed by atoms with Crippen molar-refractivity contribution in [1.29, 1.82) is 0 Å². The largest absolute Gasteiger partial charge is 0.487 e. The van der Waals surface area contributed by atoms with Gasteiger partial charge >= 0.3 is 0 Å².